The van der Waals surface area contributed by atoms with Gasteiger partial charge in [0, 0.05) is 0 Å². The van der Waals surface area contributed by atoms with E-state index in [1.165, 1.54) is 10.9 Å². The van der Waals surface area contributed by atoms with Crippen molar-refractivity contribution in [3.63, 3.8) is 0 Å². The molecule has 3 heteroatoms. The molecule has 0 bridgehead atoms. The Balaban J connectivity index is 1.86. The Morgan fingerprint density at radius 2 is 2.00 bits per heavy atom. The van der Waals surface area contributed by atoms with Crippen molar-refractivity contribution in [2.45, 2.75) is 31.0 Å². The predicted molar refractivity (Wildman–Crippen MR) is 68.6 cm³/mol. The molecular formula is C13H15ClOSe. The molecule has 1 atom stereocenters. The summed E-state index contributed by atoms with van der Waals surface area (Å²) in [6, 6.07) is 8.02. The predicted octanol–water partition coefficient (Wildman–Crippen LogP) is 2.85. The molecule has 1 aromatic rings. The second-order valence-corrected chi connectivity index (χ2v) is 6.90. The standard InChI is InChI=1S/C13H15ClOSe/c14-11-5-7-12(8-6-11)16-9-10-3-1-2-4-13(10)15/h5-8,10H,1-4,9H2. The molecule has 1 aromatic carbocycles. The number of halogens is 1. The van der Waals surface area contributed by atoms with Crippen LogP contribution in [0.3, 0.4) is 0 Å². The summed E-state index contributed by atoms with van der Waals surface area (Å²) in [6.07, 6.45) is 4.24. The maximum absolute atomic E-state index is 11.7. The first-order valence-corrected chi connectivity index (χ1v) is 8.11. The maximum atomic E-state index is 11.7. The summed E-state index contributed by atoms with van der Waals surface area (Å²) >= 11 is 6.26. The molecule has 1 aliphatic rings. The zero-order valence-electron chi connectivity index (χ0n) is 9.12. The van der Waals surface area contributed by atoms with Crippen molar-refractivity contribution in [1.82, 2.24) is 0 Å². The first-order chi connectivity index (χ1) is 7.75. The van der Waals surface area contributed by atoms with Gasteiger partial charge in [-0.2, -0.15) is 0 Å². The third-order valence-electron chi connectivity index (χ3n) is 2.95. The van der Waals surface area contributed by atoms with E-state index in [1.807, 2.05) is 12.1 Å². The van der Waals surface area contributed by atoms with E-state index >= 15 is 0 Å². The van der Waals surface area contributed by atoms with Crippen LogP contribution in [0.5, 0.6) is 0 Å². The van der Waals surface area contributed by atoms with Crippen molar-refractivity contribution in [1.29, 1.82) is 0 Å². The quantitative estimate of drug-likeness (QED) is 0.785. The third-order valence-corrected chi connectivity index (χ3v) is 5.66. The summed E-state index contributed by atoms with van der Waals surface area (Å²) < 4.78 is 1.34. The molecule has 1 unspecified atom stereocenters. The van der Waals surface area contributed by atoms with Crippen LogP contribution in [-0.2, 0) is 4.79 Å². The van der Waals surface area contributed by atoms with Gasteiger partial charge in [-0.1, -0.05) is 0 Å². The van der Waals surface area contributed by atoms with Crippen LogP contribution in [0, 0.1) is 5.92 Å². The molecule has 0 radical (unpaired) electrons. The van der Waals surface area contributed by atoms with E-state index in [0.717, 1.165) is 29.6 Å². The summed E-state index contributed by atoms with van der Waals surface area (Å²) in [7, 11) is 0. The SMILES string of the molecule is O=C1CCCCC1C[Se]c1ccc(Cl)cc1. The number of benzene rings is 1. The number of Topliss-reactive ketones (excluding diaryl/α,β-unsaturated/α-hetero) is 1. The van der Waals surface area contributed by atoms with Crippen LogP contribution < -0.4 is 4.46 Å². The van der Waals surface area contributed by atoms with Crippen molar-refractivity contribution in [3.05, 3.63) is 29.3 Å². The Labute approximate surface area is 108 Å². The molecule has 0 aliphatic heterocycles. The van der Waals surface area contributed by atoms with Crippen molar-refractivity contribution in [2.75, 3.05) is 0 Å². The van der Waals surface area contributed by atoms with Gasteiger partial charge in [-0.25, -0.2) is 0 Å². The molecule has 86 valence electrons. The van der Waals surface area contributed by atoms with E-state index in [0.29, 0.717) is 26.7 Å². The summed E-state index contributed by atoms with van der Waals surface area (Å²) in [5.74, 6) is 0.825. The third kappa shape index (κ3) is 3.35. The molecule has 1 saturated carbocycles. The van der Waals surface area contributed by atoms with Gasteiger partial charge in [-0.3, -0.25) is 0 Å². The normalized spacial score (nSPS) is 21.1. The molecular weight excluding hydrogens is 287 g/mol. The van der Waals surface area contributed by atoms with Crippen molar-refractivity contribution in [2.24, 2.45) is 5.92 Å². The van der Waals surface area contributed by atoms with Gasteiger partial charge < -0.3 is 0 Å². The van der Waals surface area contributed by atoms with Gasteiger partial charge in [0.25, 0.3) is 0 Å². The number of carbonyl (C=O) groups excluding carboxylic acids is 1. The molecule has 0 aromatic heterocycles. The van der Waals surface area contributed by atoms with Crippen molar-refractivity contribution < 1.29 is 4.79 Å². The second kappa shape index (κ2) is 5.86. The first-order valence-electron chi connectivity index (χ1n) is 5.67. The van der Waals surface area contributed by atoms with Crippen LogP contribution in [0.25, 0.3) is 0 Å². The second-order valence-electron chi connectivity index (χ2n) is 4.17. The Morgan fingerprint density at radius 3 is 2.69 bits per heavy atom. The minimum absolute atomic E-state index is 0.337. The van der Waals surface area contributed by atoms with E-state index in [1.54, 1.807) is 0 Å². The van der Waals surface area contributed by atoms with Gasteiger partial charge in [-0.05, 0) is 0 Å². The minimum atomic E-state index is 0.337. The summed E-state index contributed by atoms with van der Waals surface area (Å²) in [5, 5.41) is 1.85. The first kappa shape index (κ1) is 12.2. The summed E-state index contributed by atoms with van der Waals surface area (Å²) in [6.45, 7) is 0. The Morgan fingerprint density at radius 1 is 1.25 bits per heavy atom. The Hall–Kier alpha value is -0.301. The molecule has 0 spiro atoms. The topological polar surface area (TPSA) is 17.1 Å². The molecule has 1 nitrogen and oxygen atoms in total. The van der Waals surface area contributed by atoms with E-state index in [2.05, 4.69) is 12.1 Å². The van der Waals surface area contributed by atoms with Gasteiger partial charge >= 0.3 is 108 Å². The van der Waals surface area contributed by atoms with E-state index in [4.69, 9.17) is 11.6 Å². The molecule has 0 amide bonds. The average Bonchev–Trinajstić information content (AvgIpc) is 2.30. The molecule has 0 saturated heterocycles. The fourth-order valence-electron chi connectivity index (χ4n) is 1.96. The fourth-order valence-corrected chi connectivity index (χ4v) is 4.34. The number of hydrogen-bond acceptors (Lipinski definition) is 1. The van der Waals surface area contributed by atoms with Gasteiger partial charge in [0.05, 0.1) is 0 Å². The summed E-state index contributed by atoms with van der Waals surface area (Å²) in [4.78, 5) is 11.7. The van der Waals surface area contributed by atoms with Crippen LogP contribution in [0.15, 0.2) is 24.3 Å². The monoisotopic (exact) mass is 302 g/mol. The van der Waals surface area contributed by atoms with Gasteiger partial charge in [0.15, 0.2) is 0 Å². The number of rotatable bonds is 3. The zero-order valence-corrected chi connectivity index (χ0v) is 11.6. The molecule has 16 heavy (non-hydrogen) atoms. The van der Waals surface area contributed by atoms with E-state index in [9.17, 15) is 4.79 Å². The fraction of sp³-hybridized carbons (Fsp3) is 0.462. The van der Waals surface area contributed by atoms with E-state index in [-0.39, 0.29) is 0 Å². The molecule has 1 fully saturated rings. The Kier molecular flexibility index (Phi) is 4.45. The number of carbonyl (C=O) groups is 1. The molecule has 2 rings (SSSR count). The van der Waals surface area contributed by atoms with Crippen molar-refractivity contribution in [3.8, 4) is 0 Å². The molecule has 0 N–H and O–H groups in total. The zero-order chi connectivity index (χ0) is 11.4. The van der Waals surface area contributed by atoms with Gasteiger partial charge in [0.2, 0.25) is 0 Å². The van der Waals surface area contributed by atoms with Crippen LogP contribution in [0.2, 0.25) is 10.3 Å². The van der Waals surface area contributed by atoms with E-state index < -0.39 is 0 Å². The van der Waals surface area contributed by atoms with Crippen LogP contribution in [0.4, 0.5) is 0 Å². The Bertz CT molecular complexity index is 361. The van der Waals surface area contributed by atoms with Crippen LogP contribution >= 0.6 is 11.6 Å². The number of ketones is 1. The van der Waals surface area contributed by atoms with Gasteiger partial charge in [0.1, 0.15) is 0 Å². The molecule has 1 aliphatic carbocycles. The summed E-state index contributed by atoms with van der Waals surface area (Å²) in [5.41, 5.74) is 0. The molecule has 0 heterocycles. The van der Waals surface area contributed by atoms with Gasteiger partial charge in [-0.15, -0.1) is 0 Å². The van der Waals surface area contributed by atoms with Crippen molar-refractivity contribution >= 4 is 36.8 Å². The average molecular weight is 302 g/mol. The number of hydrogen-bond donors (Lipinski definition) is 0. The van der Waals surface area contributed by atoms with Crippen LogP contribution in [0.1, 0.15) is 25.7 Å². The van der Waals surface area contributed by atoms with Crippen LogP contribution in [-0.4, -0.2) is 20.7 Å².